The fraction of sp³-hybridized carbons (Fsp3) is 0.667. The summed E-state index contributed by atoms with van der Waals surface area (Å²) in [4.78, 5) is 13.7. The van der Waals surface area contributed by atoms with Gasteiger partial charge in [0.2, 0.25) is 5.91 Å². The van der Waals surface area contributed by atoms with Crippen molar-refractivity contribution in [2.45, 2.75) is 13.5 Å². The molecule has 0 aromatic carbocycles. The molecular weight excluding hydrogens is 232 g/mol. The van der Waals surface area contributed by atoms with Crippen LogP contribution in [-0.4, -0.2) is 53.9 Å². The molecule has 0 bridgehead atoms. The third-order valence-corrected chi connectivity index (χ3v) is 2.63. The van der Waals surface area contributed by atoms with Gasteiger partial charge in [0.1, 0.15) is 0 Å². The van der Waals surface area contributed by atoms with Gasteiger partial charge in [-0.15, -0.1) is 0 Å². The second-order valence-electron chi connectivity index (χ2n) is 4.10. The quantitative estimate of drug-likeness (QED) is 0.664. The number of carbonyl (C=O) groups is 1. The Bertz CT molecular complexity index is 365. The number of ether oxygens (including phenoxy) is 1. The van der Waals surface area contributed by atoms with Gasteiger partial charge >= 0.3 is 0 Å². The van der Waals surface area contributed by atoms with Gasteiger partial charge < -0.3 is 15.0 Å². The van der Waals surface area contributed by atoms with E-state index in [1.165, 1.54) is 0 Å². The summed E-state index contributed by atoms with van der Waals surface area (Å²) < 4.78 is 6.65. The lowest BCUT2D eigenvalue weighted by atomic mass is 10.3. The fourth-order valence-electron chi connectivity index (χ4n) is 1.63. The highest BCUT2D eigenvalue weighted by molar-refractivity contribution is 5.78. The molecule has 1 heterocycles. The van der Waals surface area contributed by atoms with Gasteiger partial charge in [-0.05, 0) is 6.92 Å². The molecule has 0 saturated carbocycles. The number of aryl methyl sites for hydroxylation is 1. The van der Waals surface area contributed by atoms with E-state index < -0.39 is 0 Å². The molecule has 0 atom stereocenters. The summed E-state index contributed by atoms with van der Waals surface area (Å²) in [6.07, 6.45) is 3.71. The monoisotopic (exact) mass is 254 g/mol. The van der Waals surface area contributed by atoms with Gasteiger partial charge in [0, 0.05) is 45.6 Å². The molecule has 0 radical (unpaired) electrons. The van der Waals surface area contributed by atoms with Crippen molar-refractivity contribution in [1.29, 1.82) is 0 Å². The van der Waals surface area contributed by atoms with Crippen molar-refractivity contribution >= 4 is 5.91 Å². The van der Waals surface area contributed by atoms with E-state index in [-0.39, 0.29) is 5.91 Å². The third-order valence-electron chi connectivity index (χ3n) is 2.63. The second-order valence-corrected chi connectivity index (χ2v) is 4.10. The molecule has 0 fully saturated rings. The summed E-state index contributed by atoms with van der Waals surface area (Å²) in [6, 6.07) is 0. The van der Waals surface area contributed by atoms with Crippen LogP contribution in [0.2, 0.25) is 0 Å². The summed E-state index contributed by atoms with van der Waals surface area (Å²) in [5.41, 5.74) is 1.05. The Morgan fingerprint density at radius 1 is 1.61 bits per heavy atom. The van der Waals surface area contributed by atoms with Crippen molar-refractivity contribution in [3.05, 3.63) is 18.0 Å². The van der Waals surface area contributed by atoms with Crippen LogP contribution < -0.4 is 5.32 Å². The van der Waals surface area contributed by atoms with Crippen molar-refractivity contribution in [2.75, 3.05) is 33.4 Å². The van der Waals surface area contributed by atoms with Crippen LogP contribution in [0.1, 0.15) is 12.5 Å². The SMILES string of the molecule is CCN(Cc1cnn(C)c1)C(=O)CNCCOC. The van der Waals surface area contributed by atoms with Crippen LogP contribution in [0.15, 0.2) is 12.4 Å². The van der Waals surface area contributed by atoms with E-state index in [1.807, 2.05) is 20.2 Å². The molecule has 6 nitrogen and oxygen atoms in total. The van der Waals surface area contributed by atoms with Gasteiger partial charge in [-0.3, -0.25) is 9.48 Å². The fourth-order valence-corrected chi connectivity index (χ4v) is 1.63. The van der Waals surface area contributed by atoms with Gasteiger partial charge in [-0.25, -0.2) is 0 Å². The third kappa shape index (κ3) is 4.85. The molecule has 0 aliphatic rings. The van der Waals surface area contributed by atoms with Crippen LogP contribution in [0.4, 0.5) is 0 Å². The molecule has 1 N–H and O–H groups in total. The summed E-state index contributed by atoms with van der Waals surface area (Å²) in [5.74, 6) is 0.0949. The molecule has 18 heavy (non-hydrogen) atoms. The first-order valence-corrected chi connectivity index (χ1v) is 6.12. The molecule has 1 rings (SSSR count). The number of amides is 1. The van der Waals surface area contributed by atoms with Gasteiger partial charge in [0.05, 0.1) is 19.3 Å². The molecule has 1 aromatic rings. The summed E-state index contributed by atoms with van der Waals surface area (Å²) >= 11 is 0. The zero-order valence-corrected chi connectivity index (χ0v) is 11.3. The maximum Gasteiger partial charge on any atom is 0.236 e. The topological polar surface area (TPSA) is 59.4 Å². The van der Waals surface area contributed by atoms with E-state index in [0.29, 0.717) is 32.8 Å². The maximum atomic E-state index is 11.9. The largest absolute Gasteiger partial charge is 0.383 e. The molecule has 102 valence electrons. The summed E-state index contributed by atoms with van der Waals surface area (Å²) in [6.45, 7) is 4.92. The minimum Gasteiger partial charge on any atom is -0.383 e. The Morgan fingerprint density at radius 3 is 2.94 bits per heavy atom. The number of aromatic nitrogens is 2. The van der Waals surface area contributed by atoms with Crippen molar-refractivity contribution in [3.8, 4) is 0 Å². The molecule has 0 spiro atoms. The highest BCUT2D eigenvalue weighted by Crippen LogP contribution is 2.02. The van der Waals surface area contributed by atoms with Crippen LogP contribution in [0.5, 0.6) is 0 Å². The van der Waals surface area contributed by atoms with Crippen molar-refractivity contribution in [3.63, 3.8) is 0 Å². The van der Waals surface area contributed by atoms with Gasteiger partial charge in [0.15, 0.2) is 0 Å². The van der Waals surface area contributed by atoms with Crippen LogP contribution >= 0.6 is 0 Å². The molecule has 0 saturated heterocycles. The van der Waals surface area contributed by atoms with Crippen LogP contribution in [0.3, 0.4) is 0 Å². The molecule has 1 amide bonds. The van der Waals surface area contributed by atoms with E-state index in [4.69, 9.17) is 4.74 Å². The zero-order valence-electron chi connectivity index (χ0n) is 11.3. The average molecular weight is 254 g/mol. The normalized spacial score (nSPS) is 10.6. The minimum atomic E-state index is 0.0949. The Hall–Kier alpha value is -1.40. The Labute approximate surface area is 108 Å². The van der Waals surface area contributed by atoms with Crippen molar-refractivity contribution < 1.29 is 9.53 Å². The lowest BCUT2D eigenvalue weighted by Crippen LogP contribution is -2.38. The lowest BCUT2D eigenvalue weighted by Gasteiger charge is -2.20. The Balaban J connectivity index is 2.37. The number of nitrogens with zero attached hydrogens (tertiary/aromatic N) is 3. The highest BCUT2D eigenvalue weighted by Gasteiger charge is 2.12. The molecule has 0 aliphatic carbocycles. The van der Waals surface area contributed by atoms with E-state index >= 15 is 0 Å². The number of nitrogens with one attached hydrogen (secondary N) is 1. The number of methoxy groups -OCH3 is 1. The predicted molar refractivity (Wildman–Crippen MR) is 69.0 cm³/mol. The molecule has 6 heteroatoms. The van der Waals surface area contributed by atoms with Gasteiger partial charge in [-0.1, -0.05) is 0 Å². The number of hydrogen-bond acceptors (Lipinski definition) is 4. The summed E-state index contributed by atoms with van der Waals surface area (Å²) in [5, 5.41) is 7.15. The van der Waals surface area contributed by atoms with E-state index in [9.17, 15) is 4.79 Å². The highest BCUT2D eigenvalue weighted by atomic mass is 16.5. The van der Waals surface area contributed by atoms with E-state index in [0.717, 1.165) is 5.56 Å². The number of rotatable bonds is 8. The molecular formula is C12H22N4O2. The first kappa shape index (κ1) is 14.7. The average Bonchev–Trinajstić information content (AvgIpc) is 2.77. The van der Waals surface area contributed by atoms with E-state index in [2.05, 4.69) is 10.4 Å². The van der Waals surface area contributed by atoms with Crippen LogP contribution in [0.25, 0.3) is 0 Å². The van der Waals surface area contributed by atoms with Crippen LogP contribution in [0, 0.1) is 0 Å². The number of hydrogen-bond donors (Lipinski definition) is 1. The maximum absolute atomic E-state index is 11.9. The van der Waals surface area contributed by atoms with Gasteiger partial charge in [-0.2, -0.15) is 5.10 Å². The minimum absolute atomic E-state index is 0.0949. The standard InChI is InChI=1S/C12H22N4O2/c1-4-16(10-11-7-14-15(2)9-11)12(17)8-13-5-6-18-3/h7,9,13H,4-6,8,10H2,1-3H3. The molecule has 1 aromatic heterocycles. The Kier molecular flexibility index (Phi) is 6.38. The Morgan fingerprint density at radius 2 is 2.39 bits per heavy atom. The lowest BCUT2D eigenvalue weighted by molar-refractivity contribution is -0.130. The number of carbonyl (C=O) groups excluding carboxylic acids is 1. The number of likely N-dealkylation sites (N-methyl/N-ethyl adjacent to an activating group) is 1. The second kappa shape index (κ2) is 7.84. The summed E-state index contributed by atoms with van der Waals surface area (Å²) in [7, 11) is 3.51. The van der Waals surface area contributed by atoms with E-state index in [1.54, 1.807) is 22.9 Å². The first-order chi connectivity index (χ1) is 8.67. The molecule has 0 aliphatic heterocycles. The first-order valence-electron chi connectivity index (χ1n) is 6.12. The smallest absolute Gasteiger partial charge is 0.236 e. The molecule has 0 unspecified atom stereocenters. The zero-order chi connectivity index (χ0) is 13.4. The van der Waals surface area contributed by atoms with Crippen molar-refractivity contribution in [1.82, 2.24) is 20.0 Å². The van der Waals surface area contributed by atoms with Crippen LogP contribution in [-0.2, 0) is 23.1 Å². The van der Waals surface area contributed by atoms with Crippen molar-refractivity contribution in [2.24, 2.45) is 7.05 Å². The predicted octanol–water partition coefficient (Wildman–Crippen LogP) is 0.00460. The van der Waals surface area contributed by atoms with Gasteiger partial charge in [0.25, 0.3) is 0 Å².